The molecule has 0 spiro atoms. The number of nitrogens with one attached hydrogen (secondary N) is 1. The van der Waals surface area contributed by atoms with E-state index < -0.39 is 0 Å². The van der Waals surface area contributed by atoms with E-state index >= 15 is 0 Å². The van der Waals surface area contributed by atoms with Crippen LogP contribution in [0.4, 0.5) is 6.01 Å². The van der Waals surface area contributed by atoms with Crippen molar-refractivity contribution in [3.8, 4) is 17.0 Å². The molecule has 0 atom stereocenters. The fourth-order valence-corrected chi connectivity index (χ4v) is 2.85. The van der Waals surface area contributed by atoms with E-state index in [4.69, 9.17) is 9.15 Å². The third-order valence-electron chi connectivity index (χ3n) is 3.62. The van der Waals surface area contributed by atoms with Crippen molar-refractivity contribution >= 4 is 21.9 Å². The third kappa shape index (κ3) is 2.20. The van der Waals surface area contributed by atoms with Crippen molar-refractivity contribution in [3.05, 3.63) is 26.9 Å². The second-order valence-corrected chi connectivity index (χ2v) is 5.56. The van der Waals surface area contributed by atoms with E-state index in [2.05, 4.69) is 47.0 Å². The number of anilines is 1. The fraction of sp³-hybridized carbons (Fsp3) is 0.400. The molecule has 1 aromatic carbocycles. The van der Waals surface area contributed by atoms with E-state index in [1.807, 2.05) is 6.92 Å². The van der Waals surface area contributed by atoms with Crippen molar-refractivity contribution in [3.63, 3.8) is 0 Å². The lowest BCUT2D eigenvalue weighted by Gasteiger charge is -2.17. The van der Waals surface area contributed by atoms with Gasteiger partial charge in [-0.05, 0) is 44.4 Å². The summed E-state index contributed by atoms with van der Waals surface area (Å²) in [5.41, 5.74) is 5.17. The van der Waals surface area contributed by atoms with Crippen LogP contribution in [0.2, 0.25) is 0 Å². The molecule has 2 aromatic rings. The molecule has 0 saturated heterocycles. The summed E-state index contributed by atoms with van der Waals surface area (Å²) in [6.45, 7) is 8.09. The van der Waals surface area contributed by atoms with Crippen LogP contribution in [0.25, 0.3) is 11.3 Å². The maximum Gasteiger partial charge on any atom is 0.295 e. The normalized spacial score (nSPS) is 10.8. The number of benzene rings is 1. The SMILES string of the molecule is CNc1nc(-c2c(C)c(Br)c(C)c(C)c2OC)c(C)o1. The van der Waals surface area contributed by atoms with Crippen LogP contribution in [0.15, 0.2) is 8.89 Å². The van der Waals surface area contributed by atoms with Crippen molar-refractivity contribution in [1.82, 2.24) is 4.98 Å². The van der Waals surface area contributed by atoms with E-state index in [0.717, 1.165) is 38.4 Å². The molecule has 5 heteroatoms. The maximum atomic E-state index is 5.62. The number of oxazole rings is 1. The van der Waals surface area contributed by atoms with Crippen LogP contribution in [0.3, 0.4) is 0 Å². The molecule has 20 heavy (non-hydrogen) atoms. The monoisotopic (exact) mass is 338 g/mol. The molecule has 0 saturated carbocycles. The average Bonchev–Trinajstić information content (AvgIpc) is 2.81. The Morgan fingerprint density at radius 1 is 1.10 bits per heavy atom. The minimum absolute atomic E-state index is 0.508. The Labute approximate surface area is 127 Å². The number of rotatable bonds is 3. The van der Waals surface area contributed by atoms with Crippen LogP contribution in [0.1, 0.15) is 22.5 Å². The van der Waals surface area contributed by atoms with Gasteiger partial charge in [-0.25, -0.2) is 0 Å². The van der Waals surface area contributed by atoms with Gasteiger partial charge in [0.2, 0.25) is 0 Å². The van der Waals surface area contributed by atoms with Crippen LogP contribution >= 0.6 is 15.9 Å². The van der Waals surface area contributed by atoms with Gasteiger partial charge in [0.1, 0.15) is 17.2 Å². The topological polar surface area (TPSA) is 47.3 Å². The maximum absolute atomic E-state index is 5.62. The number of methoxy groups -OCH3 is 1. The quantitative estimate of drug-likeness (QED) is 0.901. The molecule has 0 amide bonds. The number of halogens is 1. The van der Waals surface area contributed by atoms with Crippen molar-refractivity contribution in [2.24, 2.45) is 0 Å². The van der Waals surface area contributed by atoms with Crippen LogP contribution in [0.5, 0.6) is 5.75 Å². The Kier molecular flexibility index (Phi) is 4.09. The molecule has 108 valence electrons. The summed E-state index contributed by atoms with van der Waals surface area (Å²) in [5, 5.41) is 2.93. The molecule has 1 aromatic heterocycles. The van der Waals surface area contributed by atoms with E-state index in [1.165, 1.54) is 5.56 Å². The first-order chi connectivity index (χ1) is 9.42. The van der Waals surface area contributed by atoms with E-state index in [1.54, 1.807) is 14.2 Å². The van der Waals surface area contributed by atoms with E-state index in [9.17, 15) is 0 Å². The summed E-state index contributed by atoms with van der Waals surface area (Å²) in [5.74, 6) is 1.62. The molecule has 0 aliphatic carbocycles. The molecule has 2 rings (SSSR count). The zero-order valence-corrected chi connectivity index (χ0v) is 14.2. The molecular weight excluding hydrogens is 320 g/mol. The minimum Gasteiger partial charge on any atom is -0.496 e. The molecule has 0 unspecified atom stereocenters. The first-order valence-electron chi connectivity index (χ1n) is 6.41. The Hall–Kier alpha value is -1.49. The zero-order valence-electron chi connectivity index (χ0n) is 12.6. The van der Waals surface area contributed by atoms with Gasteiger partial charge in [-0.2, -0.15) is 4.98 Å². The van der Waals surface area contributed by atoms with Gasteiger partial charge in [0, 0.05) is 11.5 Å². The summed E-state index contributed by atoms with van der Waals surface area (Å²) >= 11 is 3.66. The summed E-state index contributed by atoms with van der Waals surface area (Å²) in [4.78, 5) is 4.50. The summed E-state index contributed by atoms with van der Waals surface area (Å²) in [6.07, 6.45) is 0. The zero-order chi connectivity index (χ0) is 15.0. The number of nitrogens with zero attached hydrogens (tertiary/aromatic N) is 1. The highest BCUT2D eigenvalue weighted by atomic mass is 79.9. The first-order valence-corrected chi connectivity index (χ1v) is 7.20. The number of hydrogen-bond donors (Lipinski definition) is 1. The molecule has 4 nitrogen and oxygen atoms in total. The molecule has 1 heterocycles. The van der Waals surface area contributed by atoms with Gasteiger partial charge in [0.25, 0.3) is 6.01 Å². The molecular formula is C15H19BrN2O2. The van der Waals surface area contributed by atoms with Crippen LogP contribution in [-0.2, 0) is 0 Å². The summed E-state index contributed by atoms with van der Waals surface area (Å²) in [6, 6.07) is 0.508. The van der Waals surface area contributed by atoms with Gasteiger partial charge in [0.15, 0.2) is 0 Å². The van der Waals surface area contributed by atoms with Crippen LogP contribution in [-0.4, -0.2) is 19.1 Å². The van der Waals surface area contributed by atoms with Crippen molar-refractivity contribution in [1.29, 1.82) is 0 Å². The molecule has 0 radical (unpaired) electrons. The predicted molar refractivity (Wildman–Crippen MR) is 84.7 cm³/mol. The summed E-state index contributed by atoms with van der Waals surface area (Å²) in [7, 11) is 3.47. The average molecular weight is 339 g/mol. The standard InChI is InChI=1S/C15H19BrN2O2/c1-7-8(2)14(19-6)11(9(3)12(7)16)13-10(4)20-15(17-5)18-13/h1-6H3,(H,17,18). The van der Waals surface area contributed by atoms with Gasteiger partial charge >= 0.3 is 0 Å². The van der Waals surface area contributed by atoms with E-state index in [-0.39, 0.29) is 0 Å². The lowest BCUT2D eigenvalue weighted by Crippen LogP contribution is -2.00. The smallest absolute Gasteiger partial charge is 0.295 e. The van der Waals surface area contributed by atoms with Crippen molar-refractivity contribution in [2.45, 2.75) is 27.7 Å². The molecule has 0 bridgehead atoms. The Morgan fingerprint density at radius 3 is 2.25 bits per heavy atom. The van der Waals surface area contributed by atoms with Crippen molar-refractivity contribution in [2.75, 3.05) is 19.5 Å². The fourth-order valence-electron chi connectivity index (χ4n) is 2.36. The van der Waals surface area contributed by atoms with Gasteiger partial charge in [0.05, 0.1) is 12.7 Å². The number of ether oxygens (including phenoxy) is 1. The molecule has 0 fully saturated rings. The second-order valence-electron chi connectivity index (χ2n) is 4.77. The summed E-state index contributed by atoms with van der Waals surface area (Å²) < 4.78 is 12.3. The third-order valence-corrected chi connectivity index (χ3v) is 4.80. The minimum atomic E-state index is 0.508. The Bertz CT molecular complexity index is 663. The highest BCUT2D eigenvalue weighted by molar-refractivity contribution is 9.10. The Balaban J connectivity index is 2.82. The largest absolute Gasteiger partial charge is 0.496 e. The van der Waals surface area contributed by atoms with Crippen LogP contribution in [0, 0.1) is 27.7 Å². The lowest BCUT2D eigenvalue weighted by molar-refractivity contribution is 0.412. The van der Waals surface area contributed by atoms with E-state index in [0.29, 0.717) is 6.01 Å². The van der Waals surface area contributed by atoms with Gasteiger partial charge in [-0.3, -0.25) is 0 Å². The Morgan fingerprint density at radius 2 is 1.75 bits per heavy atom. The highest BCUT2D eigenvalue weighted by Gasteiger charge is 2.22. The number of hydrogen-bond acceptors (Lipinski definition) is 4. The first kappa shape index (κ1) is 14.9. The van der Waals surface area contributed by atoms with Gasteiger partial charge in [-0.15, -0.1) is 0 Å². The number of aromatic nitrogens is 1. The highest BCUT2D eigenvalue weighted by Crippen LogP contribution is 2.43. The van der Waals surface area contributed by atoms with Gasteiger partial charge in [-0.1, -0.05) is 15.9 Å². The number of aryl methyl sites for hydroxylation is 1. The predicted octanol–water partition coefficient (Wildman–Crippen LogP) is 4.39. The van der Waals surface area contributed by atoms with Crippen molar-refractivity contribution < 1.29 is 9.15 Å². The lowest BCUT2D eigenvalue weighted by atomic mass is 9.96. The second kappa shape index (κ2) is 5.48. The van der Waals surface area contributed by atoms with Crippen LogP contribution < -0.4 is 10.1 Å². The van der Waals surface area contributed by atoms with Gasteiger partial charge < -0.3 is 14.5 Å². The molecule has 0 aliphatic heterocycles. The molecule has 0 aliphatic rings. The molecule has 1 N–H and O–H groups in total.